The van der Waals surface area contributed by atoms with Crippen molar-refractivity contribution in [1.82, 2.24) is 4.90 Å². The molecule has 122 valence electrons. The van der Waals surface area contributed by atoms with E-state index in [4.69, 9.17) is 4.74 Å². The lowest BCUT2D eigenvalue weighted by Gasteiger charge is -2.46. The Bertz CT molecular complexity index is 354. The molecular formula is C17H31NO3. The summed E-state index contributed by atoms with van der Waals surface area (Å²) in [4.78, 5) is 14.3. The summed E-state index contributed by atoms with van der Waals surface area (Å²) in [5, 5.41) is 9.72. The number of hydrogen-bond acceptors (Lipinski definition) is 3. The van der Waals surface area contributed by atoms with Gasteiger partial charge in [0.15, 0.2) is 0 Å². The molecule has 0 bridgehead atoms. The first-order valence-corrected chi connectivity index (χ1v) is 8.57. The van der Waals surface area contributed by atoms with Gasteiger partial charge in [0.25, 0.3) is 0 Å². The largest absolute Gasteiger partial charge is 0.481 e. The van der Waals surface area contributed by atoms with E-state index in [-0.39, 0.29) is 0 Å². The molecule has 0 aromatic rings. The standard InChI is InChI=1S/C17H31NO3/c1-4-7-17(16(19)20)8-5-9-18(12-17)14-6-10-21-15(11-14)13(2)3/h13-15H,4-12H2,1-3H3,(H,19,20). The molecule has 0 aromatic heterocycles. The number of piperidine rings is 1. The Morgan fingerprint density at radius 3 is 2.86 bits per heavy atom. The molecule has 0 spiro atoms. The summed E-state index contributed by atoms with van der Waals surface area (Å²) in [6.07, 6.45) is 6.03. The summed E-state index contributed by atoms with van der Waals surface area (Å²) in [6, 6.07) is 0.502. The minimum absolute atomic E-state index is 0.330. The molecule has 2 heterocycles. The number of hydrogen-bond donors (Lipinski definition) is 1. The molecule has 2 aliphatic rings. The van der Waals surface area contributed by atoms with Gasteiger partial charge in [-0.2, -0.15) is 0 Å². The zero-order valence-electron chi connectivity index (χ0n) is 13.8. The molecule has 4 heteroatoms. The van der Waals surface area contributed by atoms with E-state index in [9.17, 15) is 9.90 Å². The first-order valence-electron chi connectivity index (χ1n) is 8.57. The van der Waals surface area contributed by atoms with Crippen LogP contribution in [0.2, 0.25) is 0 Å². The number of carboxylic acid groups (broad SMARTS) is 1. The van der Waals surface area contributed by atoms with Crippen molar-refractivity contribution in [2.75, 3.05) is 19.7 Å². The van der Waals surface area contributed by atoms with Crippen LogP contribution in [0.1, 0.15) is 59.3 Å². The van der Waals surface area contributed by atoms with Gasteiger partial charge in [0.05, 0.1) is 11.5 Å². The molecule has 0 amide bonds. The highest BCUT2D eigenvalue weighted by Gasteiger charge is 2.43. The summed E-state index contributed by atoms with van der Waals surface area (Å²) in [6.45, 7) is 9.11. The number of likely N-dealkylation sites (tertiary alicyclic amines) is 1. The molecule has 4 nitrogen and oxygen atoms in total. The number of rotatable bonds is 5. The van der Waals surface area contributed by atoms with Gasteiger partial charge in [-0.3, -0.25) is 9.69 Å². The van der Waals surface area contributed by atoms with Crippen LogP contribution in [0.5, 0.6) is 0 Å². The average Bonchev–Trinajstić information content (AvgIpc) is 2.48. The Morgan fingerprint density at radius 1 is 1.48 bits per heavy atom. The van der Waals surface area contributed by atoms with Gasteiger partial charge in [-0.05, 0) is 44.6 Å². The first kappa shape index (κ1) is 16.8. The molecule has 3 unspecified atom stereocenters. The SMILES string of the molecule is CCCC1(C(=O)O)CCCN(C2CCOC(C(C)C)C2)C1. The van der Waals surface area contributed by atoms with E-state index in [0.717, 1.165) is 58.2 Å². The van der Waals surface area contributed by atoms with Gasteiger partial charge in [-0.25, -0.2) is 0 Å². The fourth-order valence-electron chi connectivity index (χ4n) is 4.05. The second-order valence-electron chi connectivity index (χ2n) is 7.24. The number of aliphatic carboxylic acids is 1. The third kappa shape index (κ3) is 3.78. The van der Waals surface area contributed by atoms with Crippen LogP contribution in [0.25, 0.3) is 0 Å². The minimum atomic E-state index is -0.596. The van der Waals surface area contributed by atoms with Gasteiger partial charge in [0.1, 0.15) is 0 Å². The van der Waals surface area contributed by atoms with Crippen LogP contribution < -0.4 is 0 Å². The maximum atomic E-state index is 11.8. The average molecular weight is 297 g/mol. The Balaban J connectivity index is 2.04. The fourth-order valence-corrected chi connectivity index (χ4v) is 4.05. The first-order chi connectivity index (χ1) is 9.98. The maximum Gasteiger partial charge on any atom is 0.310 e. The minimum Gasteiger partial charge on any atom is -0.481 e. The van der Waals surface area contributed by atoms with E-state index in [1.165, 1.54) is 0 Å². The van der Waals surface area contributed by atoms with Crippen molar-refractivity contribution >= 4 is 5.97 Å². The summed E-state index contributed by atoms with van der Waals surface area (Å²) in [5.41, 5.74) is -0.515. The van der Waals surface area contributed by atoms with Crippen molar-refractivity contribution in [3.05, 3.63) is 0 Å². The molecule has 2 aliphatic heterocycles. The zero-order valence-corrected chi connectivity index (χ0v) is 13.8. The van der Waals surface area contributed by atoms with Crippen LogP contribution in [0.15, 0.2) is 0 Å². The highest BCUT2D eigenvalue weighted by atomic mass is 16.5. The van der Waals surface area contributed by atoms with E-state index >= 15 is 0 Å². The summed E-state index contributed by atoms with van der Waals surface area (Å²) < 4.78 is 5.86. The fraction of sp³-hybridized carbons (Fsp3) is 0.941. The maximum absolute atomic E-state index is 11.8. The number of carbonyl (C=O) groups is 1. The molecule has 2 rings (SSSR count). The van der Waals surface area contributed by atoms with Gasteiger partial charge >= 0.3 is 5.97 Å². The van der Waals surface area contributed by atoms with Crippen molar-refractivity contribution in [2.24, 2.45) is 11.3 Å². The van der Waals surface area contributed by atoms with Gasteiger partial charge in [0.2, 0.25) is 0 Å². The second-order valence-corrected chi connectivity index (χ2v) is 7.24. The van der Waals surface area contributed by atoms with E-state index < -0.39 is 11.4 Å². The van der Waals surface area contributed by atoms with E-state index in [0.29, 0.717) is 18.1 Å². The molecule has 0 saturated carbocycles. The van der Waals surface area contributed by atoms with Gasteiger partial charge < -0.3 is 9.84 Å². The summed E-state index contributed by atoms with van der Waals surface area (Å²) >= 11 is 0. The third-order valence-electron chi connectivity index (χ3n) is 5.34. The quantitative estimate of drug-likeness (QED) is 0.847. The molecule has 2 saturated heterocycles. The van der Waals surface area contributed by atoms with Crippen molar-refractivity contribution < 1.29 is 14.6 Å². The van der Waals surface area contributed by atoms with Crippen LogP contribution in [0.4, 0.5) is 0 Å². The lowest BCUT2D eigenvalue weighted by Crippen LogP contribution is -2.53. The van der Waals surface area contributed by atoms with E-state index in [2.05, 4.69) is 25.7 Å². The van der Waals surface area contributed by atoms with Crippen molar-refractivity contribution in [1.29, 1.82) is 0 Å². The predicted octanol–water partition coefficient (Wildman–Crippen LogP) is 3.16. The van der Waals surface area contributed by atoms with Crippen LogP contribution in [-0.4, -0.2) is 47.8 Å². The third-order valence-corrected chi connectivity index (χ3v) is 5.34. The number of carboxylic acids is 1. The van der Waals surface area contributed by atoms with E-state index in [1.54, 1.807) is 0 Å². The van der Waals surface area contributed by atoms with E-state index in [1.807, 2.05) is 0 Å². The molecule has 1 N–H and O–H groups in total. The summed E-state index contributed by atoms with van der Waals surface area (Å²) in [5.74, 6) is -0.0565. The Morgan fingerprint density at radius 2 is 2.24 bits per heavy atom. The number of ether oxygens (including phenoxy) is 1. The molecule has 0 aromatic carbocycles. The van der Waals surface area contributed by atoms with Gasteiger partial charge in [-0.15, -0.1) is 0 Å². The van der Waals surface area contributed by atoms with Crippen LogP contribution >= 0.6 is 0 Å². The lowest BCUT2D eigenvalue weighted by molar-refractivity contribution is -0.155. The van der Waals surface area contributed by atoms with Gasteiger partial charge in [-0.1, -0.05) is 27.2 Å². The lowest BCUT2D eigenvalue weighted by atomic mass is 9.75. The van der Waals surface area contributed by atoms with Crippen molar-refractivity contribution in [2.45, 2.75) is 71.4 Å². The predicted molar refractivity (Wildman–Crippen MR) is 83.4 cm³/mol. The molecule has 2 fully saturated rings. The second kappa shape index (κ2) is 7.10. The Hall–Kier alpha value is -0.610. The van der Waals surface area contributed by atoms with Crippen LogP contribution in [0, 0.1) is 11.3 Å². The molecule has 0 aliphatic carbocycles. The van der Waals surface area contributed by atoms with Crippen molar-refractivity contribution in [3.63, 3.8) is 0 Å². The van der Waals surface area contributed by atoms with Crippen molar-refractivity contribution in [3.8, 4) is 0 Å². The Kier molecular flexibility index (Phi) is 5.67. The highest BCUT2D eigenvalue weighted by Crippen LogP contribution is 2.37. The topological polar surface area (TPSA) is 49.8 Å². The molecule has 3 atom stereocenters. The van der Waals surface area contributed by atoms with Crippen LogP contribution in [0.3, 0.4) is 0 Å². The number of nitrogens with zero attached hydrogens (tertiary/aromatic N) is 1. The normalized spacial score (nSPS) is 35.0. The van der Waals surface area contributed by atoms with Crippen LogP contribution in [-0.2, 0) is 9.53 Å². The van der Waals surface area contributed by atoms with Gasteiger partial charge in [0, 0.05) is 19.2 Å². The molecule has 0 radical (unpaired) electrons. The smallest absolute Gasteiger partial charge is 0.310 e. The summed E-state index contributed by atoms with van der Waals surface area (Å²) in [7, 11) is 0. The monoisotopic (exact) mass is 297 g/mol. The highest BCUT2D eigenvalue weighted by molar-refractivity contribution is 5.75. The zero-order chi connectivity index (χ0) is 15.5. The molecule has 21 heavy (non-hydrogen) atoms. The Labute approximate surface area is 128 Å². The molecular weight excluding hydrogens is 266 g/mol.